The summed E-state index contributed by atoms with van der Waals surface area (Å²) in [6, 6.07) is 5.90. The number of aliphatic hydroxyl groups is 1. The SMILES string of the molecule is CC(=O)O[C@@H]1[C@H](OC(C)=O)[C@H](C)O[C@](O)([C@@H]2CCCc3ccc(O[Si](C)(C)C(C)(C)C)cc32)[C@H]1OC(C)=O. The Kier molecular flexibility index (Phi) is 8.70. The van der Waals surface area contributed by atoms with E-state index in [1.54, 1.807) is 6.92 Å². The third kappa shape index (κ3) is 6.23. The van der Waals surface area contributed by atoms with Gasteiger partial charge in [0.15, 0.2) is 18.3 Å². The molecule has 0 unspecified atom stereocenters. The summed E-state index contributed by atoms with van der Waals surface area (Å²) in [6.07, 6.45) is -2.56. The fraction of sp³-hybridized carbons (Fsp3) is 0.679. The Morgan fingerprint density at radius 3 is 2.13 bits per heavy atom. The van der Waals surface area contributed by atoms with Gasteiger partial charge in [0.25, 0.3) is 0 Å². The predicted octanol–water partition coefficient (Wildman–Crippen LogP) is 4.39. The van der Waals surface area contributed by atoms with Crippen LogP contribution in [0.4, 0.5) is 0 Å². The predicted molar refractivity (Wildman–Crippen MR) is 142 cm³/mol. The van der Waals surface area contributed by atoms with Gasteiger partial charge in [-0.2, -0.15) is 0 Å². The maximum Gasteiger partial charge on any atom is 0.303 e. The van der Waals surface area contributed by atoms with E-state index in [2.05, 4.69) is 33.9 Å². The zero-order valence-corrected chi connectivity index (χ0v) is 25.0. The summed E-state index contributed by atoms with van der Waals surface area (Å²) in [5.41, 5.74) is 1.85. The lowest BCUT2D eigenvalue weighted by Crippen LogP contribution is -2.68. The molecule has 0 bridgehead atoms. The first kappa shape index (κ1) is 30.1. The highest BCUT2D eigenvalue weighted by molar-refractivity contribution is 6.74. The molecule has 0 spiro atoms. The molecule has 2 aliphatic rings. The molecule has 1 aliphatic carbocycles. The summed E-state index contributed by atoms with van der Waals surface area (Å²) in [4.78, 5) is 36.2. The molecule has 0 radical (unpaired) electrons. The van der Waals surface area contributed by atoms with E-state index in [0.717, 1.165) is 24.0 Å². The molecule has 1 saturated heterocycles. The van der Waals surface area contributed by atoms with E-state index in [-0.39, 0.29) is 5.04 Å². The molecule has 212 valence electrons. The molecule has 38 heavy (non-hydrogen) atoms. The maximum atomic E-state index is 12.2. The first-order valence-electron chi connectivity index (χ1n) is 13.2. The fourth-order valence-electron chi connectivity index (χ4n) is 5.11. The Morgan fingerprint density at radius 2 is 1.58 bits per heavy atom. The van der Waals surface area contributed by atoms with Crippen LogP contribution < -0.4 is 4.43 Å². The van der Waals surface area contributed by atoms with Crippen molar-refractivity contribution in [1.82, 2.24) is 0 Å². The molecule has 0 aromatic heterocycles. The number of fused-ring (bicyclic) bond motifs is 1. The molecule has 1 aliphatic heterocycles. The Balaban J connectivity index is 2.10. The molecule has 0 saturated carbocycles. The van der Waals surface area contributed by atoms with Crippen LogP contribution in [0.25, 0.3) is 0 Å². The third-order valence-corrected chi connectivity index (χ3v) is 12.2. The lowest BCUT2D eigenvalue weighted by atomic mass is 9.73. The van der Waals surface area contributed by atoms with E-state index in [0.29, 0.717) is 12.2 Å². The van der Waals surface area contributed by atoms with Gasteiger partial charge < -0.3 is 28.5 Å². The fourth-order valence-corrected chi connectivity index (χ4v) is 6.13. The van der Waals surface area contributed by atoms with Crippen molar-refractivity contribution in [3.8, 4) is 5.75 Å². The van der Waals surface area contributed by atoms with E-state index in [9.17, 15) is 19.5 Å². The zero-order valence-electron chi connectivity index (χ0n) is 24.0. The average molecular weight is 551 g/mol. The number of aryl methyl sites for hydroxylation is 1. The largest absolute Gasteiger partial charge is 0.543 e. The molecule has 3 rings (SSSR count). The minimum atomic E-state index is -2.14. The molecule has 9 nitrogen and oxygen atoms in total. The normalized spacial score (nSPS) is 29.6. The number of benzene rings is 1. The number of carbonyl (C=O) groups excluding carboxylic acids is 3. The van der Waals surface area contributed by atoms with Gasteiger partial charge in [0.1, 0.15) is 5.75 Å². The van der Waals surface area contributed by atoms with E-state index in [1.807, 2.05) is 18.2 Å². The van der Waals surface area contributed by atoms with Crippen molar-refractivity contribution >= 4 is 26.2 Å². The van der Waals surface area contributed by atoms with Gasteiger partial charge in [-0.05, 0) is 67.6 Å². The van der Waals surface area contributed by atoms with Crippen LogP contribution in [-0.4, -0.2) is 61.5 Å². The zero-order chi connectivity index (χ0) is 28.6. The number of esters is 3. The lowest BCUT2D eigenvalue weighted by Gasteiger charge is -2.52. The van der Waals surface area contributed by atoms with Gasteiger partial charge in [-0.15, -0.1) is 0 Å². The van der Waals surface area contributed by atoms with Gasteiger partial charge in [0.2, 0.25) is 14.1 Å². The standard InChI is InChI=1S/C28H42O9Si/c1-16-24(33-17(2)29)25(34-18(3)30)26(35-19(4)31)28(32,36-16)23-12-10-11-20-13-14-21(15-22(20)23)37-38(8,9)27(5,6)7/h13-16,23-26,32H,10-12H2,1-9H3/t16-,23+,24+,25+,26-,28+/m0/s1. The number of carbonyl (C=O) groups is 3. The summed E-state index contributed by atoms with van der Waals surface area (Å²) in [7, 11) is -2.14. The Morgan fingerprint density at radius 1 is 1.00 bits per heavy atom. The molecule has 6 atom stereocenters. The highest BCUT2D eigenvalue weighted by Gasteiger charge is 2.61. The van der Waals surface area contributed by atoms with E-state index in [4.69, 9.17) is 23.4 Å². The van der Waals surface area contributed by atoms with Crippen molar-refractivity contribution in [2.75, 3.05) is 0 Å². The van der Waals surface area contributed by atoms with E-state index in [1.165, 1.54) is 20.8 Å². The number of rotatable bonds is 6. The van der Waals surface area contributed by atoms with Crippen LogP contribution in [0.5, 0.6) is 5.75 Å². The first-order chi connectivity index (χ1) is 17.5. The second kappa shape index (κ2) is 11.0. The summed E-state index contributed by atoms with van der Waals surface area (Å²) < 4.78 is 29.3. The molecule has 0 amide bonds. The summed E-state index contributed by atoms with van der Waals surface area (Å²) in [6.45, 7) is 16.1. The second-order valence-corrected chi connectivity index (χ2v) is 16.6. The Labute approximate surface area is 226 Å². The van der Waals surface area contributed by atoms with Crippen LogP contribution in [0.15, 0.2) is 18.2 Å². The quantitative estimate of drug-likeness (QED) is 0.312. The Hall–Kier alpha value is -2.43. The number of hydrogen-bond donors (Lipinski definition) is 1. The van der Waals surface area contributed by atoms with Crippen LogP contribution in [0, 0.1) is 0 Å². The molecule has 10 heteroatoms. The topological polar surface area (TPSA) is 118 Å². The van der Waals surface area contributed by atoms with Crippen LogP contribution in [-0.2, 0) is 39.8 Å². The van der Waals surface area contributed by atoms with Crippen molar-refractivity contribution < 1.29 is 42.9 Å². The van der Waals surface area contributed by atoms with Crippen LogP contribution in [0.3, 0.4) is 0 Å². The van der Waals surface area contributed by atoms with Crippen molar-refractivity contribution in [3.63, 3.8) is 0 Å². The van der Waals surface area contributed by atoms with Gasteiger partial charge in [0.05, 0.1) is 6.10 Å². The van der Waals surface area contributed by atoms with Crippen molar-refractivity contribution in [1.29, 1.82) is 0 Å². The highest BCUT2D eigenvalue weighted by Crippen LogP contribution is 2.48. The molecule has 1 heterocycles. The molecule has 1 aromatic carbocycles. The van der Waals surface area contributed by atoms with Gasteiger partial charge in [-0.25, -0.2) is 0 Å². The summed E-state index contributed by atoms with van der Waals surface area (Å²) in [5, 5.41) is 12.2. The number of hydrogen-bond acceptors (Lipinski definition) is 9. The average Bonchev–Trinajstić information content (AvgIpc) is 2.77. The third-order valence-electron chi connectivity index (χ3n) is 7.87. The first-order valence-corrected chi connectivity index (χ1v) is 16.1. The van der Waals surface area contributed by atoms with Crippen LogP contribution in [0.2, 0.25) is 18.1 Å². The van der Waals surface area contributed by atoms with Crippen molar-refractivity contribution in [2.45, 2.75) is 122 Å². The minimum Gasteiger partial charge on any atom is -0.543 e. The van der Waals surface area contributed by atoms with Crippen molar-refractivity contribution in [2.24, 2.45) is 0 Å². The van der Waals surface area contributed by atoms with Gasteiger partial charge in [0, 0.05) is 26.7 Å². The smallest absolute Gasteiger partial charge is 0.303 e. The molecule has 1 aromatic rings. The van der Waals surface area contributed by atoms with Crippen molar-refractivity contribution in [3.05, 3.63) is 29.3 Å². The Bertz CT molecular complexity index is 1060. The highest BCUT2D eigenvalue weighted by atomic mass is 28.4. The maximum absolute atomic E-state index is 12.2. The lowest BCUT2D eigenvalue weighted by molar-refractivity contribution is -0.354. The monoisotopic (exact) mass is 550 g/mol. The van der Waals surface area contributed by atoms with Crippen LogP contribution >= 0.6 is 0 Å². The number of ether oxygens (including phenoxy) is 4. The minimum absolute atomic E-state index is 0.00812. The van der Waals surface area contributed by atoms with Crippen LogP contribution in [0.1, 0.15) is 78.4 Å². The molecule has 1 fully saturated rings. The molecule has 1 N–H and O–H groups in total. The van der Waals surface area contributed by atoms with E-state index < -0.39 is 62.3 Å². The van der Waals surface area contributed by atoms with Gasteiger partial charge in [-0.1, -0.05) is 26.8 Å². The van der Waals surface area contributed by atoms with E-state index >= 15 is 0 Å². The molecular formula is C28H42O9Si. The van der Waals surface area contributed by atoms with Gasteiger partial charge >= 0.3 is 17.9 Å². The molecular weight excluding hydrogens is 508 g/mol. The van der Waals surface area contributed by atoms with Gasteiger partial charge in [-0.3, -0.25) is 14.4 Å². The summed E-state index contributed by atoms with van der Waals surface area (Å²) in [5.74, 6) is -3.98. The summed E-state index contributed by atoms with van der Waals surface area (Å²) >= 11 is 0. The second-order valence-electron chi connectivity index (χ2n) is 11.9.